The Morgan fingerprint density at radius 3 is 2.82 bits per heavy atom. The first-order chi connectivity index (χ1) is 8.13. The van der Waals surface area contributed by atoms with E-state index in [1.165, 1.54) is 0 Å². The smallest absolute Gasteiger partial charge is 0.108 e. The highest BCUT2D eigenvalue weighted by atomic mass is 79.9. The van der Waals surface area contributed by atoms with Crippen molar-refractivity contribution in [3.63, 3.8) is 0 Å². The third-order valence-electron chi connectivity index (χ3n) is 2.32. The number of benzene rings is 1. The second kappa shape index (κ2) is 5.40. The van der Waals surface area contributed by atoms with Gasteiger partial charge >= 0.3 is 0 Å². The van der Waals surface area contributed by atoms with Crippen molar-refractivity contribution in [1.82, 2.24) is 15.5 Å². The van der Waals surface area contributed by atoms with E-state index in [0.717, 1.165) is 21.4 Å². The van der Waals surface area contributed by atoms with Crippen LogP contribution in [0.3, 0.4) is 0 Å². The molecule has 0 fully saturated rings. The summed E-state index contributed by atoms with van der Waals surface area (Å²) < 4.78 is 0.913. The van der Waals surface area contributed by atoms with E-state index in [1.54, 1.807) is 12.1 Å². The molecule has 0 aliphatic carbocycles. The lowest BCUT2D eigenvalue weighted by molar-refractivity contribution is 0.781. The van der Waals surface area contributed by atoms with Gasteiger partial charge in [0.25, 0.3) is 0 Å². The van der Waals surface area contributed by atoms with E-state index in [4.69, 9.17) is 23.2 Å². The molecule has 0 amide bonds. The molecule has 90 valence electrons. The molecule has 0 radical (unpaired) electrons. The summed E-state index contributed by atoms with van der Waals surface area (Å²) in [6, 6.07) is 5.35. The van der Waals surface area contributed by atoms with E-state index < -0.39 is 0 Å². The van der Waals surface area contributed by atoms with Crippen molar-refractivity contribution in [1.29, 1.82) is 0 Å². The van der Waals surface area contributed by atoms with E-state index in [-0.39, 0.29) is 0 Å². The van der Waals surface area contributed by atoms with E-state index in [2.05, 4.69) is 31.4 Å². The van der Waals surface area contributed by atoms with Crippen LogP contribution in [-0.4, -0.2) is 17.2 Å². The second-order valence-electron chi connectivity index (χ2n) is 3.52. The molecule has 1 heterocycles. The number of nitrogens with one attached hydrogen (secondary N) is 2. The summed E-state index contributed by atoms with van der Waals surface area (Å²) in [6.07, 6.45) is 0. The zero-order valence-electron chi connectivity index (χ0n) is 9.02. The van der Waals surface area contributed by atoms with E-state index in [0.29, 0.717) is 16.6 Å². The maximum Gasteiger partial charge on any atom is 0.108 e. The van der Waals surface area contributed by atoms with Crippen LogP contribution < -0.4 is 5.32 Å². The number of rotatable bonds is 3. The van der Waals surface area contributed by atoms with Crippen LogP contribution in [-0.2, 0) is 6.54 Å². The summed E-state index contributed by atoms with van der Waals surface area (Å²) in [5, 5.41) is 11.5. The number of hydrogen-bond acceptors (Lipinski definition) is 2. The quantitative estimate of drug-likeness (QED) is 0.894. The van der Waals surface area contributed by atoms with Crippen LogP contribution in [0.25, 0.3) is 11.3 Å². The monoisotopic (exact) mass is 333 g/mol. The Morgan fingerprint density at radius 2 is 2.18 bits per heavy atom. The first-order valence-electron chi connectivity index (χ1n) is 4.96. The van der Waals surface area contributed by atoms with Gasteiger partial charge in [-0.15, -0.1) is 0 Å². The molecular formula is C11H10BrCl2N3. The molecule has 0 saturated carbocycles. The number of hydrogen-bond donors (Lipinski definition) is 2. The van der Waals surface area contributed by atoms with Gasteiger partial charge in [-0.25, -0.2) is 0 Å². The fourth-order valence-electron chi connectivity index (χ4n) is 1.52. The van der Waals surface area contributed by atoms with Gasteiger partial charge in [-0.2, -0.15) is 5.10 Å². The lowest BCUT2D eigenvalue weighted by Gasteiger charge is -2.02. The Morgan fingerprint density at radius 1 is 1.41 bits per heavy atom. The minimum Gasteiger partial charge on any atom is -0.314 e. The van der Waals surface area contributed by atoms with Crippen LogP contribution in [0.1, 0.15) is 5.69 Å². The molecule has 6 heteroatoms. The molecule has 2 rings (SSSR count). The summed E-state index contributed by atoms with van der Waals surface area (Å²) in [6.45, 7) is 0.707. The Bertz CT molecular complexity index is 540. The lowest BCUT2D eigenvalue weighted by atomic mass is 10.1. The standard InChI is InChI=1S/C11H10BrCl2N3/c1-15-5-9-10(12)11(17-16-9)7-3-2-6(13)4-8(7)14/h2-4,15H,5H2,1H3,(H,16,17). The van der Waals surface area contributed by atoms with Crippen molar-refractivity contribution in [2.24, 2.45) is 0 Å². The minimum atomic E-state index is 0.584. The zero-order valence-corrected chi connectivity index (χ0v) is 12.1. The fraction of sp³-hybridized carbons (Fsp3) is 0.182. The van der Waals surface area contributed by atoms with Crippen molar-refractivity contribution in [3.8, 4) is 11.3 Å². The molecule has 1 aromatic heterocycles. The van der Waals surface area contributed by atoms with Crippen LogP contribution in [0, 0.1) is 0 Å². The zero-order chi connectivity index (χ0) is 12.4. The molecule has 2 N–H and O–H groups in total. The first kappa shape index (κ1) is 12.9. The van der Waals surface area contributed by atoms with Gasteiger partial charge in [0, 0.05) is 17.1 Å². The van der Waals surface area contributed by atoms with Crippen LogP contribution in [0.15, 0.2) is 22.7 Å². The van der Waals surface area contributed by atoms with Crippen LogP contribution in [0.4, 0.5) is 0 Å². The van der Waals surface area contributed by atoms with Crippen LogP contribution in [0.2, 0.25) is 10.0 Å². The van der Waals surface area contributed by atoms with Crippen molar-refractivity contribution in [2.75, 3.05) is 7.05 Å². The average Bonchev–Trinajstić information content (AvgIpc) is 2.62. The molecule has 2 aromatic rings. The number of H-pyrrole nitrogens is 1. The Kier molecular flexibility index (Phi) is 4.09. The molecule has 0 unspecified atom stereocenters. The first-order valence-corrected chi connectivity index (χ1v) is 6.51. The predicted octanol–water partition coefficient (Wildman–Crippen LogP) is 3.87. The molecule has 0 aliphatic rings. The van der Waals surface area contributed by atoms with Gasteiger partial charge in [-0.05, 0) is 41.2 Å². The minimum absolute atomic E-state index is 0.584. The van der Waals surface area contributed by atoms with Crippen molar-refractivity contribution in [3.05, 3.63) is 38.4 Å². The molecule has 17 heavy (non-hydrogen) atoms. The highest BCUT2D eigenvalue weighted by molar-refractivity contribution is 9.10. The summed E-state index contributed by atoms with van der Waals surface area (Å²) >= 11 is 15.5. The number of aromatic amines is 1. The van der Waals surface area contributed by atoms with Gasteiger partial charge in [-0.3, -0.25) is 5.10 Å². The fourth-order valence-corrected chi connectivity index (χ4v) is 2.55. The lowest BCUT2D eigenvalue weighted by Crippen LogP contribution is -2.05. The Hall–Kier alpha value is -0.550. The molecule has 3 nitrogen and oxygen atoms in total. The van der Waals surface area contributed by atoms with Gasteiger partial charge in [0.05, 0.1) is 15.2 Å². The van der Waals surface area contributed by atoms with Crippen molar-refractivity contribution in [2.45, 2.75) is 6.54 Å². The largest absolute Gasteiger partial charge is 0.314 e. The number of aromatic nitrogens is 2. The van der Waals surface area contributed by atoms with Crippen LogP contribution >= 0.6 is 39.1 Å². The molecule has 0 saturated heterocycles. The summed E-state index contributed by atoms with van der Waals surface area (Å²) in [5.41, 5.74) is 2.62. The third-order valence-corrected chi connectivity index (χ3v) is 3.72. The summed E-state index contributed by atoms with van der Waals surface area (Å²) in [5.74, 6) is 0. The van der Waals surface area contributed by atoms with E-state index in [1.807, 2.05) is 13.1 Å². The molecule has 1 aromatic carbocycles. The third kappa shape index (κ3) is 2.65. The predicted molar refractivity (Wildman–Crippen MR) is 74.5 cm³/mol. The maximum atomic E-state index is 6.15. The summed E-state index contributed by atoms with van der Waals surface area (Å²) in [4.78, 5) is 0. The normalized spacial score (nSPS) is 10.8. The van der Waals surface area contributed by atoms with Crippen molar-refractivity contribution < 1.29 is 0 Å². The van der Waals surface area contributed by atoms with Crippen molar-refractivity contribution >= 4 is 39.1 Å². The molecular weight excluding hydrogens is 325 g/mol. The molecule has 0 aliphatic heterocycles. The summed E-state index contributed by atoms with van der Waals surface area (Å²) in [7, 11) is 1.88. The molecule has 0 atom stereocenters. The Balaban J connectivity index is 2.46. The second-order valence-corrected chi connectivity index (χ2v) is 5.16. The average molecular weight is 335 g/mol. The van der Waals surface area contributed by atoms with Gasteiger partial charge in [0.15, 0.2) is 0 Å². The van der Waals surface area contributed by atoms with Gasteiger partial charge in [-0.1, -0.05) is 23.2 Å². The van der Waals surface area contributed by atoms with Gasteiger partial charge < -0.3 is 5.32 Å². The highest BCUT2D eigenvalue weighted by Gasteiger charge is 2.14. The Labute approximate surface area is 118 Å². The topological polar surface area (TPSA) is 40.7 Å². The number of halogens is 3. The maximum absolute atomic E-state index is 6.15. The number of nitrogens with zero attached hydrogens (tertiary/aromatic N) is 1. The van der Waals surface area contributed by atoms with E-state index in [9.17, 15) is 0 Å². The molecule has 0 spiro atoms. The van der Waals surface area contributed by atoms with Gasteiger partial charge in [0.1, 0.15) is 5.69 Å². The van der Waals surface area contributed by atoms with Gasteiger partial charge in [0.2, 0.25) is 0 Å². The highest BCUT2D eigenvalue weighted by Crippen LogP contribution is 2.34. The SMILES string of the molecule is CNCc1[nH]nc(-c2ccc(Cl)cc2Cl)c1Br. The molecule has 0 bridgehead atoms. The van der Waals surface area contributed by atoms with E-state index >= 15 is 0 Å². The van der Waals surface area contributed by atoms with Crippen LogP contribution in [0.5, 0.6) is 0 Å².